The molecule has 2 fully saturated rings. The molecule has 2 aliphatic rings. The third-order valence-corrected chi connectivity index (χ3v) is 5.02. The predicted octanol–water partition coefficient (Wildman–Crippen LogP) is 4.67. The monoisotopic (exact) mass is 242 g/mol. The average Bonchev–Trinajstić information content (AvgIpc) is 2.29. The van der Waals surface area contributed by atoms with Gasteiger partial charge < -0.3 is 0 Å². The van der Waals surface area contributed by atoms with Gasteiger partial charge >= 0.3 is 0 Å². The maximum absolute atomic E-state index is 10.7. The molecular formula is C14H23ClO. The summed E-state index contributed by atoms with van der Waals surface area (Å²) in [7, 11) is 0. The number of hydrogen-bond acceptors (Lipinski definition) is 1. The van der Waals surface area contributed by atoms with Gasteiger partial charge in [0.1, 0.15) is 0 Å². The standard InChI is InChI=1S/C14H23ClO/c15-13(16)5-4-12-6-10-14(11-7-12)8-2-1-3-9-14/h12H,1-11H2. The highest BCUT2D eigenvalue weighted by atomic mass is 35.5. The molecule has 0 aliphatic heterocycles. The Hall–Kier alpha value is -0.0400. The lowest BCUT2D eigenvalue weighted by Crippen LogP contribution is -2.29. The van der Waals surface area contributed by atoms with Gasteiger partial charge in [-0.15, -0.1) is 0 Å². The minimum absolute atomic E-state index is 0.155. The van der Waals surface area contributed by atoms with Crippen LogP contribution in [0.3, 0.4) is 0 Å². The van der Waals surface area contributed by atoms with Crippen LogP contribution in [0.1, 0.15) is 70.6 Å². The fourth-order valence-electron chi connectivity index (χ4n) is 3.70. The quantitative estimate of drug-likeness (QED) is 0.657. The van der Waals surface area contributed by atoms with Gasteiger partial charge in [-0.3, -0.25) is 4.79 Å². The van der Waals surface area contributed by atoms with Gasteiger partial charge in [-0.1, -0.05) is 19.3 Å². The van der Waals surface area contributed by atoms with E-state index in [2.05, 4.69) is 0 Å². The molecule has 0 saturated heterocycles. The van der Waals surface area contributed by atoms with Crippen LogP contribution >= 0.6 is 11.6 Å². The Morgan fingerprint density at radius 3 is 2.25 bits per heavy atom. The molecule has 0 bridgehead atoms. The SMILES string of the molecule is O=C(Cl)CCC1CCC2(CCCCC2)CC1. The maximum atomic E-state index is 10.7. The van der Waals surface area contributed by atoms with Crippen LogP contribution in [0, 0.1) is 11.3 Å². The van der Waals surface area contributed by atoms with E-state index in [9.17, 15) is 4.79 Å². The Kier molecular flexibility index (Phi) is 4.29. The van der Waals surface area contributed by atoms with Crippen molar-refractivity contribution in [3.63, 3.8) is 0 Å². The number of carbonyl (C=O) groups excluding carboxylic acids is 1. The molecule has 0 N–H and O–H groups in total. The van der Waals surface area contributed by atoms with Crippen molar-refractivity contribution in [1.29, 1.82) is 0 Å². The van der Waals surface area contributed by atoms with Gasteiger partial charge in [0.2, 0.25) is 5.24 Å². The molecule has 0 aromatic rings. The zero-order valence-electron chi connectivity index (χ0n) is 10.1. The highest BCUT2D eigenvalue weighted by Crippen LogP contribution is 2.49. The third-order valence-electron chi connectivity index (χ3n) is 4.83. The summed E-state index contributed by atoms with van der Waals surface area (Å²) in [6, 6.07) is 0. The summed E-state index contributed by atoms with van der Waals surface area (Å²) < 4.78 is 0. The summed E-state index contributed by atoms with van der Waals surface area (Å²) in [5, 5.41) is -0.155. The van der Waals surface area contributed by atoms with Gasteiger partial charge in [-0.2, -0.15) is 0 Å². The highest BCUT2D eigenvalue weighted by Gasteiger charge is 2.35. The fourth-order valence-corrected chi connectivity index (χ4v) is 3.81. The van der Waals surface area contributed by atoms with E-state index in [-0.39, 0.29) is 5.24 Å². The lowest BCUT2D eigenvalue weighted by Gasteiger charge is -2.43. The summed E-state index contributed by atoms with van der Waals surface area (Å²) in [4.78, 5) is 10.7. The second kappa shape index (κ2) is 5.53. The van der Waals surface area contributed by atoms with Crippen molar-refractivity contribution >= 4 is 16.8 Å². The van der Waals surface area contributed by atoms with E-state index in [1.54, 1.807) is 0 Å². The zero-order valence-corrected chi connectivity index (χ0v) is 10.9. The molecule has 92 valence electrons. The van der Waals surface area contributed by atoms with E-state index in [1.807, 2.05) is 0 Å². The molecule has 0 heterocycles. The average molecular weight is 243 g/mol. The molecule has 2 heteroatoms. The van der Waals surface area contributed by atoms with Gasteiger partial charge in [-0.25, -0.2) is 0 Å². The smallest absolute Gasteiger partial charge is 0.221 e. The second-order valence-electron chi connectivity index (χ2n) is 5.90. The molecule has 2 saturated carbocycles. The maximum Gasteiger partial charge on any atom is 0.221 e. The molecular weight excluding hydrogens is 220 g/mol. The van der Waals surface area contributed by atoms with Gasteiger partial charge in [0, 0.05) is 6.42 Å². The van der Waals surface area contributed by atoms with Crippen LogP contribution in [0.15, 0.2) is 0 Å². The third kappa shape index (κ3) is 3.23. The van der Waals surface area contributed by atoms with Gasteiger partial charge in [0.05, 0.1) is 0 Å². The van der Waals surface area contributed by atoms with E-state index in [4.69, 9.17) is 11.6 Å². The molecule has 16 heavy (non-hydrogen) atoms. The molecule has 0 radical (unpaired) electrons. The number of rotatable bonds is 3. The first-order chi connectivity index (χ1) is 7.70. The van der Waals surface area contributed by atoms with E-state index in [0.29, 0.717) is 11.8 Å². The van der Waals surface area contributed by atoms with E-state index in [1.165, 1.54) is 57.8 Å². The minimum Gasteiger partial charge on any atom is -0.281 e. The van der Waals surface area contributed by atoms with Crippen molar-refractivity contribution in [3.8, 4) is 0 Å². The van der Waals surface area contributed by atoms with E-state index in [0.717, 1.165) is 12.3 Å². The van der Waals surface area contributed by atoms with Gasteiger partial charge in [0.25, 0.3) is 0 Å². The first-order valence-corrected chi connectivity index (χ1v) is 7.26. The van der Waals surface area contributed by atoms with Crippen LogP contribution < -0.4 is 0 Å². The summed E-state index contributed by atoms with van der Waals surface area (Å²) in [6.07, 6.45) is 14.4. The topological polar surface area (TPSA) is 17.1 Å². The fraction of sp³-hybridized carbons (Fsp3) is 0.929. The molecule has 2 rings (SSSR count). The van der Waals surface area contributed by atoms with Gasteiger partial charge in [-0.05, 0) is 67.9 Å². The largest absolute Gasteiger partial charge is 0.281 e. The lowest BCUT2D eigenvalue weighted by molar-refractivity contribution is -0.112. The molecule has 0 aromatic heterocycles. The van der Waals surface area contributed by atoms with E-state index < -0.39 is 0 Å². The summed E-state index contributed by atoms with van der Waals surface area (Å²) in [6.45, 7) is 0. The summed E-state index contributed by atoms with van der Waals surface area (Å²) in [5.74, 6) is 0.773. The molecule has 0 amide bonds. The van der Waals surface area contributed by atoms with Crippen molar-refractivity contribution in [2.45, 2.75) is 70.6 Å². The summed E-state index contributed by atoms with van der Waals surface area (Å²) >= 11 is 5.40. The Bertz CT molecular complexity index is 233. The van der Waals surface area contributed by atoms with Crippen molar-refractivity contribution in [1.82, 2.24) is 0 Å². The van der Waals surface area contributed by atoms with Crippen LogP contribution in [-0.2, 0) is 4.79 Å². The zero-order chi connectivity index (χ0) is 11.4. The highest BCUT2D eigenvalue weighted by molar-refractivity contribution is 6.63. The first-order valence-electron chi connectivity index (χ1n) is 6.89. The molecule has 1 nitrogen and oxygen atoms in total. The van der Waals surface area contributed by atoms with Gasteiger partial charge in [0.15, 0.2) is 0 Å². The number of hydrogen-bond donors (Lipinski definition) is 0. The van der Waals surface area contributed by atoms with Crippen molar-refractivity contribution < 1.29 is 4.79 Å². The van der Waals surface area contributed by atoms with E-state index >= 15 is 0 Å². The molecule has 0 aromatic carbocycles. The van der Waals surface area contributed by atoms with Crippen LogP contribution in [0.5, 0.6) is 0 Å². The Balaban J connectivity index is 1.75. The van der Waals surface area contributed by atoms with Crippen molar-refractivity contribution in [2.75, 3.05) is 0 Å². The van der Waals surface area contributed by atoms with Crippen LogP contribution in [0.2, 0.25) is 0 Å². The number of carbonyl (C=O) groups is 1. The minimum atomic E-state index is -0.155. The van der Waals surface area contributed by atoms with Crippen LogP contribution in [0.25, 0.3) is 0 Å². The predicted molar refractivity (Wildman–Crippen MR) is 67.6 cm³/mol. The molecule has 1 spiro atoms. The van der Waals surface area contributed by atoms with Crippen LogP contribution in [-0.4, -0.2) is 5.24 Å². The normalized spacial score (nSPS) is 25.8. The first kappa shape index (κ1) is 12.4. The molecule has 0 atom stereocenters. The Morgan fingerprint density at radius 2 is 1.69 bits per heavy atom. The summed E-state index contributed by atoms with van der Waals surface area (Å²) in [5.41, 5.74) is 0.708. The lowest BCUT2D eigenvalue weighted by atomic mass is 9.63. The van der Waals surface area contributed by atoms with Crippen molar-refractivity contribution in [2.24, 2.45) is 11.3 Å². The second-order valence-corrected chi connectivity index (χ2v) is 6.32. The van der Waals surface area contributed by atoms with Crippen LogP contribution in [0.4, 0.5) is 0 Å². The molecule has 2 aliphatic carbocycles. The Labute approximate surface area is 104 Å². The Morgan fingerprint density at radius 1 is 1.06 bits per heavy atom. The number of halogens is 1. The van der Waals surface area contributed by atoms with Crippen molar-refractivity contribution in [3.05, 3.63) is 0 Å². The molecule has 0 unspecified atom stereocenters.